The Bertz CT molecular complexity index is 732. The zero-order valence-electron chi connectivity index (χ0n) is 10.6. The van der Waals surface area contributed by atoms with Gasteiger partial charge >= 0.3 is 0 Å². The molecule has 1 aromatic carbocycles. The second-order valence-corrected chi connectivity index (χ2v) is 5.07. The van der Waals surface area contributed by atoms with Gasteiger partial charge in [0.2, 0.25) is 5.78 Å². The van der Waals surface area contributed by atoms with E-state index in [1.54, 1.807) is 22.3 Å². The van der Waals surface area contributed by atoms with Gasteiger partial charge in [0.15, 0.2) is 0 Å². The molecule has 3 aromatic rings. The number of hydrogen-bond donors (Lipinski definition) is 1. The molecule has 0 bridgehead atoms. The maximum atomic E-state index is 12.5. The van der Waals surface area contributed by atoms with Crippen molar-refractivity contribution in [2.24, 2.45) is 5.73 Å². The fourth-order valence-electron chi connectivity index (χ4n) is 1.89. The molecule has 0 amide bonds. The number of nitrogens with two attached hydrogens (primary N) is 1. The molecule has 0 aliphatic carbocycles. The molecule has 0 unspecified atom stereocenters. The summed E-state index contributed by atoms with van der Waals surface area (Å²) in [6, 6.07) is 11.2. The van der Waals surface area contributed by atoms with E-state index in [2.05, 4.69) is 10.1 Å². The summed E-state index contributed by atoms with van der Waals surface area (Å²) in [5.41, 5.74) is 7.27. The number of carbonyl (C=O) groups is 1. The molecule has 0 aliphatic heterocycles. The van der Waals surface area contributed by atoms with E-state index in [4.69, 9.17) is 5.73 Å². The summed E-state index contributed by atoms with van der Waals surface area (Å²) < 4.78 is 1.61. The van der Waals surface area contributed by atoms with Gasteiger partial charge in [-0.05, 0) is 18.2 Å². The zero-order chi connectivity index (χ0) is 13.9. The van der Waals surface area contributed by atoms with Gasteiger partial charge in [-0.1, -0.05) is 18.2 Å². The lowest BCUT2D eigenvalue weighted by Gasteiger charge is -2.05. The van der Waals surface area contributed by atoms with Crippen LogP contribution in [0.2, 0.25) is 0 Å². The van der Waals surface area contributed by atoms with Gasteiger partial charge in [0.05, 0.1) is 11.9 Å². The first-order valence-corrected chi connectivity index (χ1v) is 6.96. The maximum absolute atomic E-state index is 12.5. The summed E-state index contributed by atoms with van der Waals surface area (Å²) in [5.74, 6) is -0.151. The van der Waals surface area contributed by atoms with Crippen LogP contribution in [0.1, 0.15) is 21.2 Å². The van der Waals surface area contributed by atoms with E-state index < -0.39 is 0 Å². The van der Waals surface area contributed by atoms with Crippen molar-refractivity contribution in [3.05, 3.63) is 64.4 Å². The van der Waals surface area contributed by atoms with Crippen molar-refractivity contribution < 1.29 is 4.79 Å². The Morgan fingerprint density at radius 1 is 1.25 bits per heavy atom. The molecule has 100 valence electrons. The van der Waals surface area contributed by atoms with E-state index in [1.807, 2.05) is 30.3 Å². The highest BCUT2D eigenvalue weighted by Crippen LogP contribution is 2.16. The Balaban J connectivity index is 1.99. The number of ketones is 1. The Kier molecular flexibility index (Phi) is 3.41. The highest BCUT2D eigenvalue weighted by molar-refractivity contribution is 7.09. The minimum atomic E-state index is -0.151. The van der Waals surface area contributed by atoms with E-state index in [1.165, 1.54) is 11.3 Å². The SMILES string of the molecule is NCc1nc(C(=O)c2ccnn2-c2ccccc2)cs1. The molecule has 2 aromatic heterocycles. The van der Waals surface area contributed by atoms with Crippen molar-refractivity contribution in [3.63, 3.8) is 0 Å². The van der Waals surface area contributed by atoms with Crippen LogP contribution in [0.25, 0.3) is 5.69 Å². The first-order chi connectivity index (χ1) is 9.79. The topological polar surface area (TPSA) is 73.8 Å². The Morgan fingerprint density at radius 3 is 2.75 bits per heavy atom. The number of benzene rings is 1. The highest BCUT2D eigenvalue weighted by atomic mass is 32.1. The highest BCUT2D eigenvalue weighted by Gasteiger charge is 2.18. The number of thiazole rings is 1. The smallest absolute Gasteiger partial charge is 0.230 e. The van der Waals surface area contributed by atoms with Crippen LogP contribution < -0.4 is 5.73 Å². The van der Waals surface area contributed by atoms with Crippen LogP contribution in [0.4, 0.5) is 0 Å². The molecule has 2 heterocycles. The summed E-state index contributed by atoms with van der Waals surface area (Å²) >= 11 is 1.39. The van der Waals surface area contributed by atoms with Gasteiger partial charge in [-0.3, -0.25) is 4.79 Å². The first kappa shape index (κ1) is 12.7. The maximum Gasteiger partial charge on any atom is 0.230 e. The van der Waals surface area contributed by atoms with E-state index in [-0.39, 0.29) is 5.78 Å². The van der Waals surface area contributed by atoms with Gasteiger partial charge in [-0.25, -0.2) is 9.67 Å². The van der Waals surface area contributed by atoms with Crippen molar-refractivity contribution in [3.8, 4) is 5.69 Å². The average Bonchev–Trinajstić information content (AvgIpc) is 3.16. The summed E-state index contributed by atoms with van der Waals surface area (Å²) in [6.45, 7) is 0.343. The van der Waals surface area contributed by atoms with Crippen molar-refractivity contribution in [1.82, 2.24) is 14.8 Å². The van der Waals surface area contributed by atoms with Crippen LogP contribution in [-0.2, 0) is 6.54 Å². The second kappa shape index (κ2) is 5.36. The lowest BCUT2D eigenvalue weighted by atomic mass is 10.2. The van der Waals surface area contributed by atoms with Gasteiger partial charge < -0.3 is 5.73 Å². The number of aromatic nitrogens is 3. The molecule has 5 nitrogen and oxygen atoms in total. The van der Waals surface area contributed by atoms with E-state index in [9.17, 15) is 4.79 Å². The zero-order valence-corrected chi connectivity index (χ0v) is 11.4. The minimum absolute atomic E-state index is 0.151. The standard InChI is InChI=1S/C14H12N4OS/c15-8-13-17-11(9-20-13)14(19)12-6-7-16-18(12)10-4-2-1-3-5-10/h1-7,9H,8,15H2. The van der Waals surface area contributed by atoms with Crippen molar-refractivity contribution in [1.29, 1.82) is 0 Å². The average molecular weight is 284 g/mol. The molecule has 0 saturated heterocycles. The molecule has 0 radical (unpaired) electrons. The molecule has 0 atom stereocenters. The molecule has 0 spiro atoms. The molecular formula is C14H12N4OS. The van der Waals surface area contributed by atoms with Crippen molar-refractivity contribution in [2.45, 2.75) is 6.54 Å². The fraction of sp³-hybridized carbons (Fsp3) is 0.0714. The predicted octanol–water partition coefficient (Wildman–Crippen LogP) is 2.02. The van der Waals surface area contributed by atoms with Crippen LogP contribution in [-0.4, -0.2) is 20.5 Å². The third kappa shape index (κ3) is 2.26. The lowest BCUT2D eigenvalue weighted by molar-refractivity contribution is 0.102. The van der Waals surface area contributed by atoms with Gasteiger partial charge in [-0.15, -0.1) is 11.3 Å². The third-order valence-corrected chi connectivity index (χ3v) is 3.71. The Labute approximate surface area is 119 Å². The summed E-state index contributed by atoms with van der Waals surface area (Å²) in [5, 5.41) is 6.68. The van der Waals surface area contributed by atoms with Crippen LogP contribution >= 0.6 is 11.3 Å². The fourth-order valence-corrected chi connectivity index (χ4v) is 2.55. The largest absolute Gasteiger partial charge is 0.325 e. The molecule has 0 saturated carbocycles. The van der Waals surface area contributed by atoms with E-state index in [0.29, 0.717) is 17.9 Å². The Morgan fingerprint density at radius 2 is 2.05 bits per heavy atom. The van der Waals surface area contributed by atoms with Crippen molar-refractivity contribution in [2.75, 3.05) is 0 Å². The van der Waals surface area contributed by atoms with Gasteiger partial charge in [0.1, 0.15) is 16.4 Å². The lowest BCUT2D eigenvalue weighted by Crippen LogP contribution is -2.10. The minimum Gasteiger partial charge on any atom is -0.325 e. The number of para-hydroxylation sites is 1. The van der Waals surface area contributed by atoms with Crippen LogP contribution in [0.15, 0.2) is 48.0 Å². The summed E-state index contributed by atoms with van der Waals surface area (Å²) in [7, 11) is 0. The molecular weight excluding hydrogens is 272 g/mol. The number of nitrogens with zero attached hydrogens (tertiary/aromatic N) is 3. The Hall–Kier alpha value is -2.31. The quantitative estimate of drug-likeness (QED) is 0.744. The molecule has 20 heavy (non-hydrogen) atoms. The molecule has 0 fully saturated rings. The van der Waals surface area contributed by atoms with Crippen LogP contribution in [0, 0.1) is 0 Å². The van der Waals surface area contributed by atoms with Crippen molar-refractivity contribution >= 4 is 17.1 Å². The summed E-state index contributed by atoms with van der Waals surface area (Å²) in [4.78, 5) is 16.7. The summed E-state index contributed by atoms with van der Waals surface area (Å²) in [6.07, 6.45) is 1.61. The predicted molar refractivity (Wildman–Crippen MR) is 77.0 cm³/mol. The number of hydrogen-bond acceptors (Lipinski definition) is 5. The number of carbonyl (C=O) groups excluding carboxylic acids is 1. The monoisotopic (exact) mass is 284 g/mol. The molecule has 2 N–H and O–H groups in total. The van der Waals surface area contributed by atoms with Gasteiger partial charge in [0, 0.05) is 11.9 Å². The molecule has 0 aliphatic rings. The van der Waals surface area contributed by atoms with Crippen LogP contribution in [0.3, 0.4) is 0 Å². The number of rotatable bonds is 4. The van der Waals surface area contributed by atoms with Gasteiger partial charge in [0.25, 0.3) is 0 Å². The first-order valence-electron chi connectivity index (χ1n) is 6.08. The third-order valence-electron chi connectivity index (χ3n) is 2.84. The normalized spacial score (nSPS) is 10.7. The van der Waals surface area contributed by atoms with Crippen LogP contribution in [0.5, 0.6) is 0 Å². The van der Waals surface area contributed by atoms with Gasteiger partial charge in [-0.2, -0.15) is 5.10 Å². The second-order valence-electron chi connectivity index (χ2n) is 4.12. The van der Waals surface area contributed by atoms with E-state index >= 15 is 0 Å². The van der Waals surface area contributed by atoms with E-state index in [0.717, 1.165) is 10.7 Å². The molecule has 6 heteroatoms. The molecule has 3 rings (SSSR count).